The molecule has 6 nitrogen and oxygen atoms in total. The number of phenols is 1. The number of hydrogen-bond acceptors (Lipinski definition) is 6. The van der Waals surface area contributed by atoms with E-state index in [4.69, 9.17) is 18.9 Å². The van der Waals surface area contributed by atoms with Gasteiger partial charge in [-0.25, -0.2) is 0 Å². The molecule has 2 aliphatic heterocycles. The maximum absolute atomic E-state index is 10.1. The minimum atomic E-state index is 0.200. The molecule has 2 aromatic carbocycles. The smallest absolute Gasteiger partial charge is 0.231 e. The topological polar surface area (TPSA) is 60.4 Å². The predicted molar refractivity (Wildman–Crippen MR) is 86.8 cm³/mol. The van der Waals surface area contributed by atoms with Crippen molar-refractivity contribution in [3.8, 4) is 28.7 Å². The summed E-state index contributed by atoms with van der Waals surface area (Å²) in [5.41, 5.74) is 1.93. The number of fused-ring (bicyclic) bond motifs is 2. The Kier molecular flexibility index (Phi) is 3.82. The van der Waals surface area contributed by atoms with Gasteiger partial charge in [-0.3, -0.25) is 4.90 Å². The van der Waals surface area contributed by atoms with Crippen molar-refractivity contribution < 1.29 is 24.1 Å². The van der Waals surface area contributed by atoms with Crippen molar-refractivity contribution in [2.75, 3.05) is 27.1 Å². The number of ether oxygens (including phenoxy) is 4. The molecule has 0 saturated heterocycles. The minimum Gasteiger partial charge on any atom is -0.507 e. The molecular weight excluding hydrogens is 310 g/mol. The van der Waals surface area contributed by atoms with Gasteiger partial charge in [-0.15, -0.1) is 0 Å². The monoisotopic (exact) mass is 329 g/mol. The van der Waals surface area contributed by atoms with Crippen LogP contribution in [-0.4, -0.2) is 37.1 Å². The minimum absolute atomic E-state index is 0.200. The van der Waals surface area contributed by atoms with E-state index in [9.17, 15) is 5.11 Å². The van der Waals surface area contributed by atoms with Crippen LogP contribution in [0.2, 0.25) is 0 Å². The zero-order valence-electron chi connectivity index (χ0n) is 13.4. The Morgan fingerprint density at radius 3 is 2.42 bits per heavy atom. The molecule has 2 aromatic rings. The van der Waals surface area contributed by atoms with Gasteiger partial charge in [0.2, 0.25) is 6.79 Å². The number of hydrogen-bond donors (Lipinski definition) is 1. The third kappa shape index (κ3) is 2.92. The predicted octanol–water partition coefficient (Wildman–Crippen LogP) is 2.52. The van der Waals surface area contributed by atoms with E-state index in [0.717, 1.165) is 29.2 Å². The zero-order chi connectivity index (χ0) is 16.5. The van der Waals surface area contributed by atoms with Crippen molar-refractivity contribution in [2.45, 2.75) is 13.1 Å². The van der Waals surface area contributed by atoms with Crippen molar-refractivity contribution in [2.24, 2.45) is 0 Å². The van der Waals surface area contributed by atoms with E-state index in [1.165, 1.54) is 0 Å². The first-order valence-electron chi connectivity index (χ1n) is 7.87. The summed E-state index contributed by atoms with van der Waals surface area (Å²) in [7, 11) is 2.00. The van der Waals surface area contributed by atoms with Crippen molar-refractivity contribution in [1.82, 2.24) is 4.90 Å². The summed E-state index contributed by atoms with van der Waals surface area (Å²) in [4.78, 5) is 2.11. The first kappa shape index (κ1) is 15.0. The average molecular weight is 329 g/mol. The van der Waals surface area contributed by atoms with Crippen molar-refractivity contribution in [3.05, 3.63) is 41.5 Å². The lowest BCUT2D eigenvalue weighted by atomic mass is 10.1. The van der Waals surface area contributed by atoms with Crippen molar-refractivity contribution in [3.63, 3.8) is 0 Å². The molecule has 0 aliphatic carbocycles. The van der Waals surface area contributed by atoms with Crippen LogP contribution in [0, 0.1) is 0 Å². The van der Waals surface area contributed by atoms with Crippen LogP contribution in [0.3, 0.4) is 0 Å². The van der Waals surface area contributed by atoms with Crippen LogP contribution in [0.1, 0.15) is 11.1 Å². The number of nitrogens with zero attached hydrogens (tertiary/aromatic N) is 1. The SMILES string of the molecule is CN(Cc1ccc2c(c1)OCCO2)Cc1cc2c(cc1O)OCO2. The fraction of sp³-hybridized carbons (Fsp3) is 0.333. The zero-order valence-corrected chi connectivity index (χ0v) is 13.4. The highest BCUT2D eigenvalue weighted by Gasteiger charge is 2.18. The molecule has 0 aromatic heterocycles. The summed E-state index contributed by atoms with van der Waals surface area (Å²) in [6, 6.07) is 9.41. The molecule has 0 radical (unpaired) electrons. The molecule has 0 spiro atoms. The third-order valence-electron chi connectivity index (χ3n) is 4.07. The Morgan fingerprint density at radius 2 is 1.58 bits per heavy atom. The lowest BCUT2D eigenvalue weighted by Gasteiger charge is -2.21. The molecule has 0 fully saturated rings. The summed E-state index contributed by atoms with van der Waals surface area (Å²) in [6.07, 6.45) is 0. The number of benzene rings is 2. The maximum atomic E-state index is 10.1. The van der Waals surface area contributed by atoms with Crippen LogP contribution in [-0.2, 0) is 13.1 Å². The van der Waals surface area contributed by atoms with Gasteiger partial charge in [-0.2, -0.15) is 0 Å². The van der Waals surface area contributed by atoms with Crippen molar-refractivity contribution >= 4 is 0 Å². The molecule has 6 heteroatoms. The molecule has 4 rings (SSSR count). The Labute approximate surface area is 140 Å². The Hall–Kier alpha value is -2.60. The Morgan fingerprint density at radius 1 is 0.875 bits per heavy atom. The lowest BCUT2D eigenvalue weighted by Crippen LogP contribution is -2.18. The van der Waals surface area contributed by atoms with Crippen LogP contribution < -0.4 is 18.9 Å². The van der Waals surface area contributed by atoms with Gasteiger partial charge >= 0.3 is 0 Å². The average Bonchev–Trinajstić information content (AvgIpc) is 3.02. The van der Waals surface area contributed by atoms with E-state index >= 15 is 0 Å². The maximum Gasteiger partial charge on any atom is 0.231 e. The van der Waals surface area contributed by atoms with Crippen molar-refractivity contribution in [1.29, 1.82) is 0 Å². The van der Waals surface area contributed by atoms with Crippen LogP contribution in [0.15, 0.2) is 30.3 Å². The van der Waals surface area contributed by atoms with E-state index in [0.29, 0.717) is 31.3 Å². The number of rotatable bonds is 4. The summed E-state index contributed by atoms with van der Waals surface area (Å²) in [6.45, 7) is 2.69. The molecule has 0 bridgehead atoms. The van der Waals surface area contributed by atoms with Gasteiger partial charge in [-0.1, -0.05) is 6.07 Å². The molecule has 0 amide bonds. The second kappa shape index (κ2) is 6.13. The highest BCUT2D eigenvalue weighted by Crippen LogP contribution is 2.38. The lowest BCUT2D eigenvalue weighted by molar-refractivity contribution is 0.171. The van der Waals surface area contributed by atoms with Gasteiger partial charge in [-0.05, 0) is 30.8 Å². The molecule has 2 aliphatic rings. The van der Waals surface area contributed by atoms with E-state index in [2.05, 4.69) is 4.90 Å². The fourth-order valence-electron chi connectivity index (χ4n) is 2.94. The largest absolute Gasteiger partial charge is 0.507 e. The molecule has 24 heavy (non-hydrogen) atoms. The van der Waals surface area contributed by atoms with Gasteiger partial charge in [0.05, 0.1) is 0 Å². The second-order valence-electron chi connectivity index (χ2n) is 5.98. The molecular formula is C18H19NO5. The summed E-state index contributed by atoms with van der Waals surface area (Å²) in [5, 5.41) is 10.1. The highest BCUT2D eigenvalue weighted by molar-refractivity contribution is 5.51. The standard InChI is InChI=1S/C18H19NO5/c1-19(9-12-2-3-15-16(6-12)22-5-4-21-15)10-13-7-17-18(8-14(13)20)24-11-23-17/h2-3,6-8,20H,4-5,9-11H2,1H3. The molecule has 126 valence electrons. The van der Waals surface area contributed by atoms with Gasteiger partial charge in [0.15, 0.2) is 23.0 Å². The van der Waals surface area contributed by atoms with E-state index in [1.807, 2.05) is 31.3 Å². The van der Waals surface area contributed by atoms with E-state index in [-0.39, 0.29) is 12.5 Å². The third-order valence-corrected chi connectivity index (χ3v) is 4.07. The molecule has 1 N–H and O–H groups in total. The van der Waals surface area contributed by atoms with Gasteiger partial charge in [0.1, 0.15) is 19.0 Å². The molecule has 0 atom stereocenters. The highest BCUT2D eigenvalue weighted by atomic mass is 16.7. The van der Waals surface area contributed by atoms with Crippen LogP contribution in [0.4, 0.5) is 0 Å². The van der Waals surface area contributed by atoms with Gasteiger partial charge in [0.25, 0.3) is 0 Å². The Balaban J connectivity index is 1.46. The summed E-state index contributed by atoms with van der Waals surface area (Å²) >= 11 is 0. The molecule has 0 unspecified atom stereocenters. The van der Waals surface area contributed by atoms with Crippen LogP contribution in [0.25, 0.3) is 0 Å². The first-order chi connectivity index (χ1) is 11.7. The molecule has 2 heterocycles. The number of aromatic hydroxyl groups is 1. The van der Waals surface area contributed by atoms with Crippen LogP contribution in [0.5, 0.6) is 28.7 Å². The quantitative estimate of drug-likeness (QED) is 0.930. The van der Waals surface area contributed by atoms with E-state index in [1.54, 1.807) is 6.07 Å². The van der Waals surface area contributed by atoms with Crippen LogP contribution >= 0.6 is 0 Å². The number of phenolic OH excluding ortho intramolecular Hbond substituents is 1. The van der Waals surface area contributed by atoms with E-state index < -0.39 is 0 Å². The fourth-order valence-corrected chi connectivity index (χ4v) is 2.94. The van der Waals surface area contributed by atoms with Gasteiger partial charge < -0.3 is 24.1 Å². The van der Waals surface area contributed by atoms with Gasteiger partial charge in [0, 0.05) is 24.7 Å². The normalized spacial score (nSPS) is 14.9. The summed E-state index contributed by atoms with van der Waals surface area (Å²) < 4.78 is 21.8. The first-order valence-corrected chi connectivity index (χ1v) is 7.87. The second-order valence-corrected chi connectivity index (χ2v) is 5.98. The Bertz CT molecular complexity index is 761. The molecule has 0 saturated carbocycles. The summed E-state index contributed by atoms with van der Waals surface area (Å²) in [5.74, 6) is 3.06.